The van der Waals surface area contributed by atoms with Crippen LogP contribution in [-0.4, -0.2) is 11.3 Å². The minimum Gasteiger partial charge on any atom is -0.507 e. The van der Waals surface area contributed by atoms with Crippen molar-refractivity contribution in [2.75, 3.05) is 0 Å². The molecule has 3 aromatic rings. The highest BCUT2D eigenvalue weighted by atomic mass is 31.1. The van der Waals surface area contributed by atoms with Gasteiger partial charge in [0.15, 0.2) is 0 Å². The Morgan fingerprint density at radius 3 is 2.32 bits per heavy atom. The maximum Gasteiger partial charge on any atom is 0.122 e. The van der Waals surface area contributed by atoms with Crippen LogP contribution in [0.15, 0.2) is 71.7 Å². The molecule has 0 saturated heterocycles. The molecule has 0 aliphatic rings. The first-order valence-corrected chi connectivity index (χ1v) is 10.7. The van der Waals surface area contributed by atoms with Crippen LogP contribution in [0.4, 0.5) is 5.69 Å². The van der Waals surface area contributed by atoms with Crippen LogP contribution in [0.25, 0.3) is 0 Å². The number of hydrogen-bond acceptors (Lipinski definition) is 2. The fraction of sp³-hybridized carbons (Fsp3) is 0.240. The number of phenols is 1. The van der Waals surface area contributed by atoms with Gasteiger partial charge in [0, 0.05) is 22.5 Å². The molecule has 144 valence electrons. The van der Waals surface area contributed by atoms with E-state index in [0.29, 0.717) is 14.3 Å². The van der Waals surface area contributed by atoms with Crippen LogP contribution in [-0.2, 0) is 5.16 Å². The predicted octanol–water partition coefficient (Wildman–Crippen LogP) is 6.39. The number of aromatic hydroxyl groups is 1. The highest BCUT2D eigenvalue weighted by molar-refractivity contribution is 7.49. The molecule has 28 heavy (non-hydrogen) atoms. The van der Waals surface area contributed by atoms with E-state index in [4.69, 9.17) is 0 Å². The van der Waals surface area contributed by atoms with Gasteiger partial charge in [-0.05, 0) is 48.8 Å². The maximum absolute atomic E-state index is 10.7. The topological polar surface area (TPSA) is 32.6 Å². The Hall–Kier alpha value is -2.44. The van der Waals surface area contributed by atoms with E-state index >= 15 is 0 Å². The lowest BCUT2D eigenvalue weighted by Crippen LogP contribution is -2.21. The number of para-hydroxylation sites is 2. The Morgan fingerprint density at radius 2 is 1.61 bits per heavy atom. The number of aliphatic imine (C=N–C) groups is 1. The van der Waals surface area contributed by atoms with Gasteiger partial charge in [0.05, 0.1) is 5.69 Å². The maximum atomic E-state index is 10.7. The normalized spacial score (nSPS) is 14.0. The van der Waals surface area contributed by atoms with Crippen molar-refractivity contribution in [3.63, 3.8) is 0 Å². The van der Waals surface area contributed by atoms with Gasteiger partial charge in [-0.25, -0.2) is 0 Å². The summed E-state index contributed by atoms with van der Waals surface area (Å²) >= 11 is 0. The zero-order valence-corrected chi connectivity index (χ0v) is 18.0. The third-order valence-corrected chi connectivity index (χ3v) is 7.46. The van der Waals surface area contributed by atoms with Gasteiger partial charge in [-0.15, -0.1) is 0 Å². The number of nitrogens with zero attached hydrogens (tertiary/aromatic N) is 1. The Labute approximate surface area is 170 Å². The lowest BCUT2D eigenvalue weighted by atomic mass is 9.94. The number of benzene rings is 3. The first kappa shape index (κ1) is 20.3. The molecule has 0 spiro atoms. The van der Waals surface area contributed by atoms with E-state index in [0.717, 1.165) is 28.8 Å². The summed E-state index contributed by atoms with van der Waals surface area (Å²) in [7, 11) is 0.533. The van der Waals surface area contributed by atoms with E-state index in [9.17, 15) is 5.11 Å². The molecule has 0 saturated carbocycles. The van der Waals surface area contributed by atoms with Gasteiger partial charge in [0.25, 0.3) is 0 Å². The molecule has 0 fully saturated rings. The molecule has 3 aromatic carbocycles. The van der Waals surface area contributed by atoms with E-state index in [1.54, 1.807) is 0 Å². The van der Waals surface area contributed by atoms with Crippen LogP contribution in [0, 0.1) is 13.8 Å². The van der Waals surface area contributed by atoms with Crippen molar-refractivity contribution in [1.29, 1.82) is 0 Å². The molecule has 0 aliphatic carbocycles. The van der Waals surface area contributed by atoms with Crippen molar-refractivity contribution in [3.8, 4) is 5.75 Å². The second kappa shape index (κ2) is 8.71. The molecule has 0 heterocycles. The summed E-state index contributed by atoms with van der Waals surface area (Å²) < 4.78 is 0. The first-order valence-electron chi connectivity index (χ1n) is 9.70. The average molecular weight is 389 g/mol. The van der Waals surface area contributed by atoms with Crippen molar-refractivity contribution >= 4 is 25.8 Å². The quantitative estimate of drug-likeness (QED) is 0.384. The number of rotatable bonds is 6. The Balaban J connectivity index is 2.01. The Morgan fingerprint density at radius 1 is 0.929 bits per heavy atom. The monoisotopic (exact) mass is 389 g/mol. The summed E-state index contributed by atoms with van der Waals surface area (Å²) in [6.07, 6.45) is 2.92. The minimum absolute atomic E-state index is 0.127. The summed E-state index contributed by atoms with van der Waals surface area (Å²) in [4.78, 5) is 4.67. The van der Waals surface area contributed by atoms with E-state index in [1.165, 1.54) is 10.9 Å². The predicted molar refractivity (Wildman–Crippen MR) is 123 cm³/mol. The zero-order chi connectivity index (χ0) is 20.1. The minimum atomic E-state index is -0.127. The van der Waals surface area contributed by atoms with Crippen LogP contribution < -0.4 is 5.30 Å². The van der Waals surface area contributed by atoms with Crippen molar-refractivity contribution in [3.05, 3.63) is 89.0 Å². The lowest BCUT2D eigenvalue weighted by molar-refractivity contribution is 0.452. The summed E-state index contributed by atoms with van der Waals surface area (Å²) in [6.45, 7) is 8.58. The smallest absolute Gasteiger partial charge is 0.122 e. The third kappa shape index (κ3) is 4.34. The SMILES string of the molecule is CCC(C)(Pc1c(C)cccc1C=Nc1ccccc1)c1cccc(C)c1O. The molecule has 0 aromatic heterocycles. The molecule has 2 nitrogen and oxygen atoms in total. The van der Waals surface area contributed by atoms with Crippen molar-refractivity contribution < 1.29 is 5.11 Å². The van der Waals surface area contributed by atoms with E-state index < -0.39 is 0 Å². The van der Waals surface area contributed by atoms with Crippen molar-refractivity contribution in [2.45, 2.75) is 39.3 Å². The summed E-state index contributed by atoms with van der Waals surface area (Å²) in [5.41, 5.74) is 5.32. The van der Waals surface area contributed by atoms with Gasteiger partial charge in [-0.1, -0.05) is 77.0 Å². The van der Waals surface area contributed by atoms with E-state index in [1.807, 2.05) is 55.6 Å². The fourth-order valence-corrected chi connectivity index (χ4v) is 4.99. The van der Waals surface area contributed by atoms with Crippen LogP contribution in [0.2, 0.25) is 0 Å². The van der Waals surface area contributed by atoms with Gasteiger partial charge in [-0.3, -0.25) is 4.99 Å². The lowest BCUT2D eigenvalue weighted by Gasteiger charge is -2.31. The molecule has 3 heteroatoms. The zero-order valence-electron chi connectivity index (χ0n) is 17.0. The van der Waals surface area contributed by atoms with Crippen molar-refractivity contribution in [2.24, 2.45) is 4.99 Å². The van der Waals surface area contributed by atoms with Crippen LogP contribution in [0.1, 0.15) is 42.5 Å². The number of phenolic OH excluding ortho intramolecular Hbond substituents is 1. The highest BCUT2D eigenvalue weighted by Crippen LogP contribution is 2.48. The molecule has 1 N–H and O–H groups in total. The summed E-state index contributed by atoms with van der Waals surface area (Å²) in [6, 6.07) is 22.5. The number of aryl methyl sites for hydroxylation is 2. The highest BCUT2D eigenvalue weighted by Gasteiger charge is 2.29. The molecule has 0 radical (unpaired) electrons. The largest absolute Gasteiger partial charge is 0.507 e. The van der Waals surface area contributed by atoms with Crippen LogP contribution in [0.5, 0.6) is 5.75 Å². The van der Waals surface area contributed by atoms with Gasteiger partial charge >= 0.3 is 0 Å². The molecule has 2 unspecified atom stereocenters. The summed E-state index contributed by atoms with van der Waals surface area (Å²) in [5.74, 6) is 0.424. The van der Waals surface area contributed by atoms with Gasteiger partial charge < -0.3 is 5.11 Å². The first-order chi connectivity index (χ1) is 13.4. The van der Waals surface area contributed by atoms with E-state index in [2.05, 4.69) is 50.0 Å². The van der Waals surface area contributed by atoms with Gasteiger partial charge in [-0.2, -0.15) is 0 Å². The van der Waals surface area contributed by atoms with Crippen LogP contribution >= 0.6 is 8.58 Å². The Bertz CT molecular complexity index is 981. The van der Waals surface area contributed by atoms with Gasteiger partial charge in [0.2, 0.25) is 0 Å². The summed E-state index contributed by atoms with van der Waals surface area (Å²) in [5, 5.41) is 11.9. The average Bonchev–Trinajstić information content (AvgIpc) is 2.71. The standard InChI is InChI=1S/C25H28NOP/c1-5-25(4,22-16-10-11-18(2)23(22)27)28-24-19(3)12-9-13-20(24)17-26-21-14-7-6-8-15-21/h6-17,27-28H,5H2,1-4H3. The molecular weight excluding hydrogens is 361 g/mol. The van der Waals surface area contributed by atoms with E-state index in [-0.39, 0.29) is 5.16 Å². The molecular formula is C25H28NOP. The second-order valence-electron chi connectivity index (χ2n) is 7.41. The molecule has 2 atom stereocenters. The van der Waals surface area contributed by atoms with Gasteiger partial charge in [0.1, 0.15) is 5.75 Å². The Kier molecular flexibility index (Phi) is 6.31. The second-order valence-corrected chi connectivity index (χ2v) is 9.27. The molecule has 0 amide bonds. The third-order valence-electron chi connectivity index (χ3n) is 5.35. The number of hydrogen-bond donors (Lipinski definition) is 1. The molecule has 0 aliphatic heterocycles. The fourth-order valence-electron chi connectivity index (χ4n) is 3.35. The van der Waals surface area contributed by atoms with Crippen molar-refractivity contribution in [1.82, 2.24) is 0 Å². The molecule has 3 rings (SSSR count). The van der Waals surface area contributed by atoms with Crippen LogP contribution in [0.3, 0.4) is 0 Å². The molecule has 0 bridgehead atoms.